The van der Waals surface area contributed by atoms with Crippen LogP contribution in [0.25, 0.3) is 10.9 Å². The summed E-state index contributed by atoms with van der Waals surface area (Å²) in [6, 6.07) is 13.8. The average molecular weight is 474 g/mol. The minimum atomic E-state index is -1.82. The van der Waals surface area contributed by atoms with Crippen molar-refractivity contribution in [2.24, 2.45) is 0 Å². The van der Waals surface area contributed by atoms with Gasteiger partial charge >= 0.3 is 11.9 Å². The summed E-state index contributed by atoms with van der Waals surface area (Å²) in [5.41, 5.74) is 0.815. The monoisotopic (exact) mass is 474 g/mol. The Hall–Kier alpha value is -3.47. The topological polar surface area (TPSA) is 143 Å². The third kappa shape index (κ3) is 6.53. The number of rotatable bonds is 6. The van der Waals surface area contributed by atoms with Gasteiger partial charge in [-0.2, -0.15) is 0 Å². The van der Waals surface area contributed by atoms with Crippen LogP contribution in [0.5, 0.6) is 5.75 Å². The van der Waals surface area contributed by atoms with E-state index >= 15 is 0 Å². The number of nitrogens with one attached hydrogen (secondary N) is 1. The van der Waals surface area contributed by atoms with Gasteiger partial charge in [0, 0.05) is 36.7 Å². The number of likely N-dealkylation sites (tertiary alicyclic amines) is 1. The van der Waals surface area contributed by atoms with E-state index in [1.54, 1.807) is 12.1 Å². The van der Waals surface area contributed by atoms with E-state index in [0.29, 0.717) is 32.5 Å². The number of aliphatic carboxylic acids is 2. The summed E-state index contributed by atoms with van der Waals surface area (Å²) in [5, 5.41) is 37.0. The number of aromatic amines is 1. The first-order valence-corrected chi connectivity index (χ1v) is 10.7. The van der Waals surface area contributed by atoms with E-state index in [-0.39, 0.29) is 12.4 Å². The summed E-state index contributed by atoms with van der Waals surface area (Å²) in [5.74, 6) is -3.20. The number of hydrogen-bond donors (Lipinski definition) is 5. The second-order valence-electron chi connectivity index (χ2n) is 8.11. The minimum Gasteiger partial charge on any atom is -0.490 e. The van der Waals surface area contributed by atoms with Gasteiger partial charge in [-0.15, -0.1) is 0 Å². The molecular weight excluding hydrogens is 447 g/mol. The van der Waals surface area contributed by atoms with Crippen LogP contribution in [-0.2, 0) is 15.2 Å². The number of aromatic nitrogens is 1. The molecule has 4 rings (SSSR count). The van der Waals surface area contributed by atoms with Crippen LogP contribution in [0.15, 0.2) is 54.7 Å². The molecule has 1 fully saturated rings. The highest BCUT2D eigenvalue weighted by Gasteiger charge is 2.34. The molecular formula is C24H27FN2O7. The van der Waals surface area contributed by atoms with E-state index in [0.717, 1.165) is 22.2 Å². The first-order chi connectivity index (χ1) is 16.2. The number of nitrogens with zero attached hydrogens (tertiary/aromatic N) is 1. The van der Waals surface area contributed by atoms with Crippen molar-refractivity contribution in [2.45, 2.75) is 24.5 Å². The fourth-order valence-electron chi connectivity index (χ4n) is 3.87. The highest BCUT2D eigenvalue weighted by Crippen LogP contribution is 2.33. The maximum Gasteiger partial charge on any atom is 0.414 e. The largest absolute Gasteiger partial charge is 0.490 e. The Morgan fingerprint density at radius 2 is 1.71 bits per heavy atom. The Labute approximate surface area is 195 Å². The van der Waals surface area contributed by atoms with Crippen molar-refractivity contribution in [1.29, 1.82) is 0 Å². The Bertz CT molecular complexity index is 1100. The number of β-amino-alcohol motifs (C(OH)–C–C–N with tert-alkyl or cyclic N) is 1. The molecule has 0 bridgehead atoms. The summed E-state index contributed by atoms with van der Waals surface area (Å²) in [4.78, 5) is 23.5. The van der Waals surface area contributed by atoms with Gasteiger partial charge < -0.3 is 35.0 Å². The van der Waals surface area contributed by atoms with E-state index in [4.69, 9.17) is 24.5 Å². The third-order valence-corrected chi connectivity index (χ3v) is 5.70. The number of carboxylic acids is 2. The second-order valence-corrected chi connectivity index (χ2v) is 8.11. The Balaban J connectivity index is 0.000000481. The van der Waals surface area contributed by atoms with E-state index in [2.05, 4.69) is 9.88 Å². The zero-order chi connectivity index (χ0) is 24.7. The highest BCUT2D eigenvalue weighted by molar-refractivity contribution is 6.27. The number of halogens is 1. The summed E-state index contributed by atoms with van der Waals surface area (Å²) >= 11 is 0. The third-order valence-electron chi connectivity index (χ3n) is 5.70. The number of hydrogen-bond acceptors (Lipinski definition) is 6. The van der Waals surface area contributed by atoms with Crippen LogP contribution < -0.4 is 4.74 Å². The molecule has 1 aliphatic rings. The smallest absolute Gasteiger partial charge is 0.414 e. The van der Waals surface area contributed by atoms with E-state index in [1.807, 2.05) is 30.5 Å². The normalized spacial score (nSPS) is 16.3. The summed E-state index contributed by atoms with van der Waals surface area (Å²) < 4.78 is 18.9. The van der Waals surface area contributed by atoms with Crippen LogP contribution in [0.1, 0.15) is 18.4 Å². The van der Waals surface area contributed by atoms with Gasteiger partial charge in [-0.1, -0.05) is 18.2 Å². The SMILES string of the molecule is O=C(O)C(=O)O.O[C@H](COc1cccc2[nH]ccc12)CN1CCC(O)(c2ccc(F)cc2)CC1. The fraction of sp³-hybridized carbons (Fsp3) is 0.333. The van der Waals surface area contributed by atoms with Crippen LogP contribution in [0.4, 0.5) is 4.39 Å². The van der Waals surface area contributed by atoms with E-state index in [9.17, 15) is 14.6 Å². The summed E-state index contributed by atoms with van der Waals surface area (Å²) in [6.07, 6.45) is 2.35. The van der Waals surface area contributed by atoms with Gasteiger partial charge in [-0.05, 0) is 48.7 Å². The molecule has 0 saturated carbocycles. The summed E-state index contributed by atoms with van der Waals surface area (Å²) in [7, 11) is 0. The average Bonchev–Trinajstić information content (AvgIpc) is 3.30. The van der Waals surface area contributed by atoms with Crippen LogP contribution in [-0.4, -0.2) is 74.6 Å². The molecule has 2 heterocycles. The molecule has 10 heteroatoms. The number of fused-ring (bicyclic) bond motifs is 1. The van der Waals surface area contributed by atoms with Gasteiger partial charge in [0.05, 0.1) is 5.60 Å². The predicted octanol–water partition coefficient (Wildman–Crippen LogP) is 2.19. The molecule has 2 aromatic carbocycles. The predicted molar refractivity (Wildman–Crippen MR) is 121 cm³/mol. The molecule has 1 atom stereocenters. The van der Waals surface area contributed by atoms with Crippen molar-refractivity contribution in [3.05, 3.63) is 66.1 Å². The van der Waals surface area contributed by atoms with E-state index in [1.165, 1.54) is 12.1 Å². The maximum atomic E-state index is 13.1. The van der Waals surface area contributed by atoms with Crippen molar-refractivity contribution in [2.75, 3.05) is 26.2 Å². The van der Waals surface area contributed by atoms with Gasteiger partial charge in [-0.3, -0.25) is 0 Å². The number of aliphatic hydroxyl groups excluding tert-OH is 1. The van der Waals surface area contributed by atoms with Crippen LogP contribution in [0, 0.1) is 5.82 Å². The van der Waals surface area contributed by atoms with Gasteiger partial charge in [0.25, 0.3) is 0 Å². The molecule has 0 spiro atoms. The van der Waals surface area contributed by atoms with Crippen LogP contribution >= 0.6 is 0 Å². The maximum absolute atomic E-state index is 13.1. The molecule has 182 valence electrons. The molecule has 3 aromatic rings. The first-order valence-electron chi connectivity index (χ1n) is 10.7. The number of carbonyl (C=O) groups is 2. The van der Waals surface area contributed by atoms with Crippen molar-refractivity contribution < 1.29 is 39.1 Å². The minimum absolute atomic E-state index is 0.211. The van der Waals surface area contributed by atoms with Gasteiger partial charge in [-0.25, -0.2) is 14.0 Å². The van der Waals surface area contributed by atoms with Crippen LogP contribution in [0.2, 0.25) is 0 Å². The zero-order valence-electron chi connectivity index (χ0n) is 18.4. The lowest BCUT2D eigenvalue weighted by Crippen LogP contribution is -2.46. The quantitative estimate of drug-likeness (QED) is 0.342. The molecule has 5 N–H and O–H groups in total. The van der Waals surface area contributed by atoms with Gasteiger partial charge in [0.1, 0.15) is 24.3 Å². The number of ether oxygens (including phenoxy) is 1. The lowest BCUT2D eigenvalue weighted by Gasteiger charge is -2.39. The number of benzene rings is 2. The van der Waals surface area contributed by atoms with Crippen molar-refractivity contribution >= 4 is 22.8 Å². The van der Waals surface area contributed by atoms with Crippen molar-refractivity contribution in [3.8, 4) is 5.75 Å². The fourth-order valence-corrected chi connectivity index (χ4v) is 3.87. The van der Waals surface area contributed by atoms with Crippen LogP contribution in [0.3, 0.4) is 0 Å². The molecule has 0 radical (unpaired) electrons. The number of piperidine rings is 1. The molecule has 1 saturated heterocycles. The molecule has 0 aliphatic carbocycles. The summed E-state index contributed by atoms with van der Waals surface area (Å²) in [6.45, 7) is 2.03. The second kappa shape index (κ2) is 11.1. The van der Waals surface area contributed by atoms with Crippen molar-refractivity contribution in [3.63, 3.8) is 0 Å². The lowest BCUT2D eigenvalue weighted by molar-refractivity contribution is -0.159. The molecule has 34 heavy (non-hydrogen) atoms. The lowest BCUT2D eigenvalue weighted by atomic mass is 9.84. The molecule has 0 amide bonds. The van der Waals surface area contributed by atoms with Crippen molar-refractivity contribution in [1.82, 2.24) is 9.88 Å². The first kappa shape index (κ1) is 25.2. The molecule has 1 aromatic heterocycles. The van der Waals surface area contributed by atoms with Gasteiger partial charge in [0.2, 0.25) is 0 Å². The molecule has 9 nitrogen and oxygen atoms in total. The number of aliphatic hydroxyl groups is 2. The number of carboxylic acid groups (broad SMARTS) is 2. The number of H-pyrrole nitrogens is 1. The highest BCUT2D eigenvalue weighted by atomic mass is 19.1. The zero-order valence-corrected chi connectivity index (χ0v) is 18.4. The van der Waals surface area contributed by atoms with Gasteiger partial charge in [0.15, 0.2) is 0 Å². The van der Waals surface area contributed by atoms with E-state index < -0.39 is 23.6 Å². The standard InChI is InChI=1S/C22H25FN2O3.C2H2O4/c23-17-6-4-16(5-7-17)22(27)9-12-25(13-10-22)14-18(26)15-28-21-3-1-2-20-19(21)8-11-24-20;3-1(4)2(5)6/h1-8,11,18,24,26-27H,9-10,12-15H2;(H,3,4)(H,5,6)/t18-;/m0./s1. The Kier molecular flexibility index (Phi) is 8.21. The molecule has 0 unspecified atom stereocenters. The Morgan fingerprint density at radius 3 is 2.32 bits per heavy atom. The Morgan fingerprint density at radius 1 is 1.06 bits per heavy atom. The molecule has 1 aliphatic heterocycles.